The molecule has 0 aliphatic carbocycles. The first-order chi connectivity index (χ1) is 16.0. The number of hydrogen-bond donors (Lipinski definition) is 1. The molecule has 3 amide bonds. The average molecular weight is 439 g/mol. The van der Waals surface area contributed by atoms with E-state index >= 15 is 0 Å². The molecule has 4 aromatic rings. The van der Waals surface area contributed by atoms with Crippen LogP contribution in [0.3, 0.4) is 0 Å². The normalized spacial score (nSPS) is 12.8. The van der Waals surface area contributed by atoms with Gasteiger partial charge in [0.2, 0.25) is 5.91 Å². The number of benzene rings is 3. The SMILES string of the molecule is O=C(CCn1nnc2ccccc2c1=O)Nc1cccc(N2C(=O)c3ccccc3C2=O)c1. The molecule has 9 nitrogen and oxygen atoms in total. The third-order valence-corrected chi connectivity index (χ3v) is 5.36. The number of rotatable bonds is 5. The van der Waals surface area contributed by atoms with Crippen LogP contribution in [0.15, 0.2) is 77.6 Å². The van der Waals surface area contributed by atoms with Crippen molar-refractivity contribution >= 4 is 40.0 Å². The summed E-state index contributed by atoms with van der Waals surface area (Å²) in [6.07, 6.45) is -0.00975. The highest BCUT2D eigenvalue weighted by Gasteiger charge is 2.36. The monoisotopic (exact) mass is 439 g/mol. The standard InChI is InChI=1S/C24H17N5O4/c30-21(12-13-28-22(31)19-10-3-4-11-20(19)26-27-28)25-15-6-5-7-16(14-15)29-23(32)17-8-1-2-9-18(17)24(29)33/h1-11,14H,12-13H2,(H,25,30). The molecule has 5 rings (SSSR count). The Bertz CT molecular complexity index is 1460. The van der Waals surface area contributed by atoms with Crippen molar-refractivity contribution in [1.29, 1.82) is 0 Å². The third kappa shape index (κ3) is 3.65. The lowest BCUT2D eigenvalue weighted by Crippen LogP contribution is -2.29. The summed E-state index contributed by atoms with van der Waals surface area (Å²) in [7, 11) is 0. The van der Waals surface area contributed by atoms with Gasteiger partial charge in [-0.25, -0.2) is 9.58 Å². The maximum absolute atomic E-state index is 12.7. The maximum Gasteiger partial charge on any atom is 0.277 e. The minimum absolute atomic E-state index is 0.00975. The summed E-state index contributed by atoms with van der Waals surface area (Å²) in [6, 6.07) is 20.0. The topological polar surface area (TPSA) is 114 Å². The Morgan fingerprint density at radius 2 is 1.55 bits per heavy atom. The number of nitrogens with zero attached hydrogens (tertiary/aromatic N) is 4. The molecular weight excluding hydrogens is 422 g/mol. The lowest BCUT2D eigenvalue weighted by Gasteiger charge is -2.15. The Labute approximate surface area is 187 Å². The summed E-state index contributed by atoms with van der Waals surface area (Å²) < 4.78 is 1.15. The van der Waals surface area contributed by atoms with Crippen LogP contribution in [0.1, 0.15) is 27.1 Å². The van der Waals surface area contributed by atoms with E-state index in [1.807, 2.05) is 0 Å². The summed E-state index contributed by atoms with van der Waals surface area (Å²) in [5, 5.41) is 11.0. The van der Waals surface area contributed by atoms with Crippen LogP contribution in [0.2, 0.25) is 0 Å². The van der Waals surface area contributed by atoms with Gasteiger partial charge in [0.1, 0.15) is 5.52 Å². The Morgan fingerprint density at radius 1 is 0.848 bits per heavy atom. The fourth-order valence-electron chi connectivity index (χ4n) is 3.75. The van der Waals surface area contributed by atoms with Gasteiger partial charge in [-0.1, -0.05) is 35.5 Å². The van der Waals surface area contributed by atoms with Gasteiger partial charge in [-0.05, 0) is 42.5 Å². The molecule has 2 heterocycles. The van der Waals surface area contributed by atoms with Crippen LogP contribution in [0.4, 0.5) is 11.4 Å². The lowest BCUT2D eigenvalue weighted by molar-refractivity contribution is -0.116. The van der Waals surface area contributed by atoms with Crippen LogP contribution in [-0.4, -0.2) is 32.7 Å². The van der Waals surface area contributed by atoms with Crippen LogP contribution >= 0.6 is 0 Å². The predicted molar refractivity (Wildman–Crippen MR) is 121 cm³/mol. The summed E-state index contributed by atoms with van der Waals surface area (Å²) in [5.41, 5.74) is 1.65. The highest BCUT2D eigenvalue weighted by atomic mass is 16.2. The van der Waals surface area contributed by atoms with E-state index in [9.17, 15) is 19.2 Å². The first-order valence-electron chi connectivity index (χ1n) is 10.2. The summed E-state index contributed by atoms with van der Waals surface area (Å²) in [5.74, 6) is -1.17. The van der Waals surface area contributed by atoms with Crippen molar-refractivity contribution in [3.63, 3.8) is 0 Å². The molecule has 9 heteroatoms. The number of carbonyl (C=O) groups is 3. The van der Waals surface area contributed by atoms with Gasteiger partial charge < -0.3 is 5.32 Å². The van der Waals surface area contributed by atoms with E-state index < -0.39 is 11.8 Å². The molecular formula is C24H17N5O4. The number of nitrogens with one attached hydrogen (secondary N) is 1. The fraction of sp³-hybridized carbons (Fsp3) is 0.0833. The molecule has 0 radical (unpaired) electrons. The van der Waals surface area contributed by atoms with Crippen LogP contribution in [0.5, 0.6) is 0 Å². The summed E-state index contributed by atoms with van der Waals surface area (Å²) >= 11 is 0. The van der Waals surface area contributed by atoms with Gasteiger partial charge in [-0.2, -0.15) is 0 Å². The number of carbonyl (C=O) groups excluding carboxylic acids is 3. The van der Waals surface area contributed by atoms with Crippen molar-refractivity contribution in [3.8, 4) is 0 Å². The van der Waals surface area contributed by atoms with Gasteiger partial charge >= 0.3 is 0 Å². The molecule has 162 valence electrons. The van der Waals surface area contributed by atoms with Crippen molar-refractivity contribution in [3.05, 3.63) is 94.3 Å². The van der Waals surface area contributed by atoms with Gasteiger partial charge in [0.05, 0.1) is 28.7 Å². The number of aryl methyl sites for hydroxylation is 1. The van der Waals surface area contributed by atoms with Crippen molar-refractivity contribution < 1.29 is 14.4 Å². The molecule has 0 spiro atoms. The largest absolute Gasteiger partial charge is 0.326 e. The van der Waals surface area contributed by atoms with Gasteiger partial charge in [0.15, 0.2) is 0 Å². The van der Waals surface area contributed by atoms with Gasteiger partial charge in [0, 0.05) is 12.1 Å². The molecule has 0 saturated carbocycles. The van der Waals surface area contributed by atoms with Crippen molar-refractivity contribution in [2.45, 2.75) is 13.0 Å². The number of anilines is 2. The second kappa shape index (κ2) is 8.12. The molecule has 0 atom stereocenters. The second-order valence-electron chi connectivity index (χ2n) is 7.47. The molecule has 0 saturated heterocycles. The summed E-state index contributed by atoms with van der Waals surface area (Å²) in [4.78, 5) is 51.5. The summed E-state index contributed by atoms with van der Waals surface area (Å²) in [6.45, 7) is 0.0561. The average Bonchev–Trinajstić information content (AvgIpc) is 3.09. The molecule has 3 aromatic carbocycles. The zero-order valence-corrected chi connectivity index (χ0v) is 17.3. The van der Waals surface area contributed by atoms with Gasteiger partial charge in [-0.15, -0.1) is 5.10 Å². The van der Waals surface area contributed by atoms with Crippen molar-refractivity contribution in [1.82, 2.24) is 15.0 Å². The van der Waals surface area contributed by atoms with Crippen LogP contribution < -0.4 is 15.8 Å². The number of hydrogen-bond acceptors (Lipinski definition) is 6. The highest BCUT2D eigenvalue weighted by molar-refractivity contribution is 6.34. The Balaban J connectivity index is 1.29. The number of aromatic nitrogens is 3. The second-order valence-corrected chi connectivity index (χ2v) is 7.47. The third-order valence-electron chi connectivity index (χ3n) is 5.36. The van der Waals surface area contributed by atoms with E-state index in [4.69, 9.17) is 0 Å². The van der Waals surface area contributed by atoms with E-state index in [0.717, 1.165) is 9.58 Å². The fourth-order valence-corrected chi connectivity index (χ4v) is 3.75. The Hall–Kier alpha value is -4.66. The van der Waals surface area contributed by atoms with Gasteiger partial charge in [0.25, 0.3) is 17.4 Å². The molecule has 1 aliphatic rings. The molecule has 1 N–H and O–H groups in total. The smallest absolute Gasteiger partial charge is 0.277 e. The minimum Gasteiger partial charge on any atom is -0.326 e. The lowest BCUT2D eigenvalue weighted by atomic mass is 10.1. The van der Waals surface area contributed by atoms with Crippen LogP contribution in [0.25, 0.3) is 10.9 Å². The van der Waals surface area contributed by atoms with E-state index in [-0.39, 0.29) is 24.4 Å². The van der Waals surface area contributed by atoms with E-state index in [2.05, 4.69) is 15.6 Å². The van der Waals surface area contributed by atoms with E-state index in [0.29, 0.717) is 33.4 Å². The van der Waals surface area contributed by atoms with Crippen LogP contribution in [-0.2, 0) is 11.3 Å². The Morgan fingerprint density at radius 3 is 2.30 bits per heavy atom. The predicted octanol–water partition coefficient (Wildman–Crippen LogP) is 2.62. The van der Waals surface area contributed by atoms with Crippen LogP contribution in [0, 0.1) is 0 Å². The minimum atomic E-state index is -0.409. The number of fused-ring (bicyclic) bond motifs is 2. The van der Waals surface area contributed by atoms with E-state index in [1.165, 1.54) is 0 Å². The van der Waals surface area contributed by atoms with E-state index in [1.54, 1.807) is 72.8 Å². The molecule has 0 fully saturated rings. The zero-order valence-electron chi connectivity index (χ0n) is 17.3. The first kappa shape index (κ1) is 20.3. The quantitative estimate of drug-likeness (QED) is 0.478. The molecule has 1 aromatic heterocycles. The first-order valence-corrected chi connectivity index (χ1v) is 10.2. The number of imide groups is 1. The van der Waals surface area contributed by atoms with Crippen molar-refractivity contribution in [2.24, 2.45) is 0 Å². The van der Waals surface area contributed by atoms with Gasteiger partial charge in [-0.3, -0.25) is 19.2 Å². The highest BCUT2D eigenvalue weighted by Crippen LogP contribution is 2.29. The molecule has 33 heavy (non-hydrogen) atoms. The number of amides is 3. The molecule has 1 aliphatic heterocycles. The molecule has 0 bridgehead atoms. The Kier molecular flexibility index (Phi) is 4.98. The zero-order chi connectivity index (χ0) is 22.9. The maximum atomic E-state index is 12.7. The molecule has 0 unspecified atom stereocenters. The van der Waals surface area contributed by atoms with Crippen molar-refractivity contribution in [2.75, 3.05) is 10.2 Å².